The summed E-state index contributed by atoms with van der Waals surface area (Å²) in [5.41, 5.74) is 10.4. The predicted molar refractivity (Wildman–Crippen MR) is 85.4 cm³/mol. The molecule has 2 aromatic rings. The van der Waals surface area contributed by atoms with E-state index in [4.69, 9.17) is 11.6 Å². The highest BCUT2D eigenvalue weighted by Crippen LogP contribution is 2.33. The lowest BCUT2D eigenvalue weighted by Crippen LogP contribution is -2.32. The van der Waals surface area contributed by atoms with Crippen LogP contribution in [0.4, 0.5) is 5.69 Å². The van der Waals surface area contributed by atoms with Crippen molar-refractivity contribution >= 4 is 11.5 Å². The normalized spacial score (nSPS) is 15.9. The molecule has 6 heteroatoms. The largest absolute Gasteiger partial charge is 0.401 e. The van der Waals surface area contributed by atoms with Gasteiger partial charge < -0.3 is 5.73 Å². The number of hydrogen-bond acceptors (Lipinski definition) is 5. The summed E-state index contributed by atoms with van der Waals surface area (Å²) in [5.74, 6) is 6.28. The zero-order valence-electron chi connectivity index (χ0n) is 12.7. The lowest BCUT2D eigenvalue weighted by atomic mass is 10.1. The van der Waals surface area contributed by atoms with Gasteiger partial charge in [0.25, 0.3) is 0 Å². The van der Waals surface area contributed by atoms with Gasteiger partial charge in [-0.1, -0.05) is 19.1 Å². The van der Waals surface area contributed by atoms with Crippen LogP contribution in [0.3, 0.4) is 0 Å². The summed E-state index contributed by atoms with van der Waals surface area (Å²) in [7, 11) is 0. The molecule has 22 heavy (non-hydrogen) atoms. The average Bonchev–Trinajstić information content (AvgIpc) is 2.89. The van der Waals surface area contributed by atoms with Crippen LogP contribution in [0.1, 0.15) is 36.5 Å². The number of rotatable bonds is 2. The van der Waals surface area contributed by atoms with E-state index in [1.54, 1.807) is 11.3 Å². The predicted octanol–water partition coefficient (Wildman–Crippen LogP) is 1.89. The molecule has 1 aromatic carbocycles. The van der Waals surface area contributed by atoms with Gasteiger partial charge in [0, 0.05) is 18.5 Å². The van der Waals surface area contributed by atoms with Crippen LogP contribution in [0.2, 0.25) is 0 Å². The van der Waals surface area contributed by atoms with Crippen molar-refractivity contribution in [1.29, 1.82) is 0 Å². The Balaban J connectivity index is 2.30. The van der Waals surface area contributed by atoms with Crippen LogP contribution in [-0.4, -0.2) is 15.3 Å². The van der Waals surface area contributed by atoms with Crippen molar-refractivity contribution < 1.29 is 4.79 Å². The molecule has 3 rings (SSSR count). The van der Waals surface area contributed by atoms with Crippen LogP contribution >= 0.6 is 0 Å². The number of carbonyl (C=O) groups excluding carboxylic acids is 1. The van der Waals surface area contributed by atoms with E-state index in [2.05, 4.69) is 4.98 Å². The molecule has 1 aliphatic rings. The number of imidazole rings is 1. The summed E-state index contributed by atoms with van der Waals surface area (Å²) in [6, 6.07) is 7.73. The van der Waals surface area contributed by atoms with Gasteiger partial charge in [0.2, 0.25) is 0 Å². The van der Waals surface area contributed by atoms with Gasteiger partial charge in [0.15, 0.2) is 5.78 Å². The van der Waals surface area contributed by atoms with Gasteiger partial charge in [0.05, 0.1) is 22.8 Å². The fourth-order valence-electron chi connectivity index (χ4n) is 2.74. The number of hydrazine groups is 1. The Morgan fingerprint density at radius 3 is 2.64 bits per heavy atom. The van der Waals surface area contributed by atoms with Gasteiger partial charge in [-0.05, 0) is 19.1 Å². The number of hydrogen-bond donors (Lipinski definition) is 2. The molecule has 0 spiro atoms. The first-order valence-electron chi connectivity index (χ1n) is 7.23. The van der Waals surface area contributed by atoms with Crippen molar-refractivity contribution in [3.05, 3.63) is 53.4 Å². The SMILES string of the molecule is CCC(=O)c1ncn2c1C/C(=C(\C)N)N(N)c1ccccc1-2. The van der Waals surface area contributed by atoms with E-state index < -0.39 is 0 Å². The number of benzene rings is 1. The topological polar surface area (TPSA) is 90.2 Å². The fraction of sp³-hybridized carbons (Fsp3) is 0.250. The summed E-state index contributed by atoms with van der Waals surface area (Å²) in [6.07, 6.45) is 2.56. The fourth-order valence-corrected chi connectivity index (χ4v) is 2.74. The number of ketones is 1. The lowest BCUT2D eigenvalue weighted by Gasteiger charge is -2.22. The number of Topliss-reactive ketones (excluding diaryl/α,β-unsaturated/α-hetero) is 1. The number of carbonyl (C=O) groups is 1. The zero-order valence-corrected chi connectivity index (χ0v) is 12.7. The number of aromatic nitrogens is 2. The molecule has 0 bridgehead atoms. The number of para-hydroxylation sites is 2. The van der Waals surface area contributed by atoms with Gasteiger partial charge in [-0.2, -0.15) is 0 Å². The highest BCUT2D eigenvalue weighted by Gasteiger charge is 2.26. The molecule has 6 nitrogen and oxygen atoms in total. The quantitative estimate of drug-likeness (QED) is 0.652. The molecule has 0 aliphatic carbocycles. The van der Waals surface area contributed by atoms with E-state index in [1.165, 1.54) is 0 Å². The van der Waals surface area contributed by atoms with Gasteiger partial charge >= 0.3 is 0 Å². The Morgan fingerprint density at radius 1 is 1.32 bits per heavy atom. The molecule has 114 valence electrons. The van der Waals surface area contributed by atoms with Crippen LogP contribution < -0.4 is 16.6 Å². The molecule has 0 saturated carbocycles. The van der Waals surface area contributed by atoms with E-state index >= 15 is 0 Å². The minimum absolute atomic E-state index is 0.0192. The first-order valence-corrected chi connectivity index (χ1v) is 7.23. The Morgan fingerprint density at radius 2 is 2.00 bits per heavy atom. The second-order valence-electron chi connectivity index (χ2n) is 5.35. The van der Waals surface area contributed by atoms with Crippen molar-refractivity contribution in [3.63, 3.8) is 0 Å². The summed E-state index contributed by atoms with van der Waals surface area (Å²) >= 11 is 0. The maximum Gasteiger partial charge on any atom is 0.182 e. The number of fused-ring (bicyclic) bond motifs is 3. The lowest BCUT2D eigenvalue weighted by molar-refractivity contribution is 0.0983. The van der Waals surface area contributed by atoms with Crippen LogP contribution in [-0.2, 0) is 6.42 Å². The smallest absolute Gasteiger partial charge is 0.182 e. The molecule has 0 radical (unpaired) electrons. The molecule has 0 unspecified atom stereocenters. The molecule has 0 amide bonds. The van der Waals surface area contributed by atoms with E-state index in [9.17, 15) is 4.79 Å². The van der Waals surface area contributed by atoms with Crippen molar-refractivity contribution in [1.82, 2.24) is 9.55 Å². The molecule has 0 atom stereocenters. The van der Waals surface area contributed by atoms with Gasteiger partial charge in [-0.3, -0.25) is 14.4 Å². The third-order valence-corrected chi connectivity index (χ3v) is 3.93. The van der Waals surface area contributed by atoms with Crippen molar-refractivity contribution in [2.45, 2.75) is 26.7 Å². The number of allylic oxidation sites excluding steroid dienone is 2. The third kappa shape index (κ3) is 2.08. The monoisotopic (exact) mass is 297 g/mol. The minimum atomic E-state index is 0.0192. The van der Waals surface area contributed by atoms with Crippen molar-refractivity contribution in [2.75, 3.05) is 5.01 Å². The maximum atomic E-state index is 12.2. The van der Waals surface area contributed by atoms with Gasteiger partial charge in [0.1, 0.15) is 12.0 Å². The molecule has 4 N–H and O–H groups in total. The molecule has 0 fully saturated rings. The van der Waals surface area contributed by atoms with Crippen LogP contribution in [0.5, 0.6) is 0 Å². The van der Waals surface area contributed by atoms with Crippen LogP contribution in [0.25, 0.3) is 5.69 Å². The maximum absolute atomic E-state index is 12.2. The standard InChI is InChI=1S/C16H19N5O/c1-3-15(22)16-14-8-13(10(2)17)21(18)12-7-5-4-6-11(12)20(14)9-19-16/h4-7,9H,3,8,17-18H2,1-2H3/b13-10-. The number of nitrogens with zero attached hydrogens (tertiary/aromatic N) is 3. The number of anilines is 1. The molecular formula is C16H19N5O. The average molecular weight is 297 g/mol. The summed E-state index contributed by atoms with van der Waals surface area (Å²) in [4.78, 5) is 16.5. The summed E-state index contributed by atoms with van der Waals surface area (Å²) in [6.45, 7) is 3.64. The van der Waals surface area contributed by atoms with Crippen molar-refractivity contribution in [2.24, 2.45) is 11.6 Å². The summed E-state index contributed by atoms with van der Waals surface area (Å²) < 4.78 is 1.92. The van der Waals surface area contributed by atoms with E-state index in [0.29, 0.717) is 24.2 Å². The van der Waals surface area contributed by atoms with E-state index in [-0.39, 0.29) is 5.78 Å². The highest BCUT2D eigenvalue weighted by atomic mass is 16.1. The first-order chi connectivity index (χ1) is 10.5. The Labute approximate surface area is 129 Å². The van der Waals surface area contributed by atoms with E-state index in [0.717, 1.165) is 22.8 Å². The second kappa shape index (κ2) is 5.31. The van der Waals surface area contributed by atoms with Crippen molar-refractivity contribution in [3.8, 4) is 5.69 Å². The zero-order chi connectivity index (χ0) is 15.9. The summed E-state index contributed by atoms with van der Waals surface area (Å²) in [5, 5.41) is 1.60. The molecule has 2 heterocycles. The van der Waals surface area contributed by atoms with Gasteiger partial charge in [-0.25, -0.2) is 10.8 Å². The number of nitrogens with two attached hydrogens (primary N) is 2. The van der Waals surface area contributed by atoms with Gasteiger partial charge in [-0.15, -0.1) is 0 Å². The highest BCUT2D eigenvalue weighted by molar-refractivity contribution is 5.95. The van der Waals surface area contributed by atoms with E-state index in [1.807, 2.05) is 42.7 Å². The van der Waals surface area contributed by atoms with Crippen LogP contribution in [0.15, 0.2) is 42.0 Å². The second-order valence-corrected chi connectivity index (χ2v) is 5.35. The minimum Gasteiger partial charge on any atom is -0.401 e. The Kier molecular flexibility index (Phi) is 3.46. The third-order valence-electron chi connectivity index (χ3n) is 3.93. The molecule has 1 aromatic heterocycles. The Bertz CT molecular complexity index is 771. The molecule has 1 aliphatic heterocycles. The molecular weight excluding hydrogens is 278 g/mol. The Hall–Kier alpha value is -2.60. The molecule has 0 saturated heterocycles. The van der Waals surface area contributed by atoms with Crippen LogP contribution in [0, 0.1) is 0 Å². The first kappa shape index (κ1) is 14.3.